The van der Waals surface area contributed by atoms with Crippen LogP contribution in [-0.4, -0.2) is 74.5 Å². The molecule has 0 saturated carbocycles. The lowest BCUT2D eigenvalue weighted by Crippen LogP contribution is -2.56. The van der Waals surface area contributed by atoms with Gasteiger partial charge in [0.1, 0.15) is 17.8 Å². The molecule has 0 aliphatic carbocycles. The first-order valence-electron chi connectivity index (χ1n) is 13.1. The van der Waals surface area contributed by atoms with Gasteiger partial charge in [-0.05, 0) is 41.0 Å². The Hall–Kier alpha value is -4.21. The molecule has 2 atom stereocenters. The van der Waals surface area contributed by atoms with Crippen LogP contribution in [0.25, 0.3) is 0 Å². The standard InChI is InChI=1S/C31H38N4O5/c1-33-29(36)27(18-22-13-15-26(39-4)16-14-22)34(2)31(38)28(21-40-20-23-9-6-5-7-10-23)35(3)30(37)25-12-8-11-24(17-25)19-32/h5-17,27-28H,18-21,32H2,1-4H3,(H,33,36)/t27-,28-/m1/s1. The number of hydrogen-bond donors (Lipinski definition) is 2. The van der Waals surface area contributed by atoms with Crippen molar-refractivity contribution >= 4 is 17.7 Å². The summed E-state index contributed by atoms with van der Waals surface area (Å²) in [5, 5.41) is 2.66. The molecule has 0 aliphatic rings. The number of nitrogens with two attached hydrogens (primary N) is 1. The maximum Gasteiger partial charge on any atom is 0.254 e. The lowest BCUT2D eigenvalue weighted by Gasteiger charge is -2.34. The van der Waals surface area contributed by atoms with Crippen molar-refractivity contribution in [1.82, 2.24) is 15.1 Å². The van der Waals surface area contributed by atoms with Crippen molar-refractivity contribution in [2.45, 2.75) is 31.7 Å². The summed E-state index contributed by atoms with van der Waals surface area (Å²) in [4.78, 5) is 43.2. The first-order valence-corrected chi connectivity index (χ1v) is 13.1. The summed E-state index contributed by atoms with van der Waals surface area (Å²) in [6.07, 6.45) is 0.277. The molecule has 9 heteroatoms. The van der Waals surface area contributed by atoms with Gasteiger partial charge in [0.25, 0.3) is 5.91 Å². The van der Waals surface area contributed by atoms with Gasteiger partial charge in [-0.25, -0.2) is 0 Å². The highest BCUT2D eigenvalue weighted by molar-refractivity contribution is 5.98. The van der Waals surface area contributed by atoms with Crippen LogP contribution >= 0.6 is 0 Å². The average molecular weight is 547 g/mol. The number of rotatable bonds is 13. The Morgan fingerprint density at radius 3 is 2.15 bits per heavy atom. The van der Waals surface area contributed by atoms with E-state index in [0.29, 0.717) is 11.3 Å². The third-order valence-electron chi connectivity index (χ3n) is 6.82. The maximum atomic E-state index is 14.0. The number of methoxy groups -OCH3 is 1. The van der Waals surface area contributed by atoms with Crippen molar-refractivity contribution in [1.29, 1.82) is 0 Å². The zero-order valence-electron chi connectivity index (χ0n) is 23.5. The van der Waals surface area contributed by atoms with E-state index >= 15 is 0 Å². The molecule has 3 aromatic rings. The summed E-state index contributed by atoms with van der Waals surface area (Å²) >= 11 is 0. The Bertz CT molecular complexity index is 1270. The van der Waals surface area contributed by atoms with E-state index in [1.165, 1.54) is 16.8 Å². The van der Waals surface area contributed by atoms with E-state index in [-0.39, 0.29) is 38.0 Å². The van der Waals surface area contributed by atoms with Crippen LogP contribution in [0.4, 0.5) is 0 Å². The number of nitrogens with one attached hydrogen (secondary N) is 1. The highest BCUT2D eigenvalue weighted by Crippen LogP contribution is 2.17. The number of ether oxygens (including phenoxy) is 2. The second-order valence-electron chi connectivity index (χ2n) is 9.47. The fourth-order valence-corrected chi connectivity index (χ4v) is 4.33. The molecule has 0 unspecified atom stereocenters. The Kier molecular flexibility index (Phi) is 11.2. The van der Waals surface area contributed by atoms with Gasteiger partial charge in [0.05, 0.1) is 20.3 Å². The number of hydrogen-bond acceptors (Lipinski definition) is 6. The summed E-state index contributed by atoms with van der Waals surface area (Å²) in [5.74, 6) is -0.391. The van der Waals surface area contributed by atoms with Crippen LogP contribution in [0.3, 0.4) is 0 Å². The number of benzene rings is 3. The molecule has 0 saturated heterocycles. The van der Waals surface area contributed by atoms with Gasteiger partial charge in [0.2, 0.25) is 11.8 Å². The van der Waals surface area contributed by atoms with E-state index in [4.69, 9.17) is 15.2 Å². The van der Waals surface area contributed by atoms with Gasteiger partial charge in [-0.2, -0.15) is 0 Å². The average Bonchev–Trinajstić information content (AvgIpc) is 3.01. The van der Waals surface area contributed by atoms with Crippen molar-refractivity contribution in [3.8, 4) is 5.75 Å². The van der Waals surface area contributed by atoms with Crippen LogP contribution in [0.2, 0.25) is 0 Å². The molecule has 0 aromatic heterocycles. The Labute approximate surface area is 235 Å². The third-order valence-corrected chi connectivity index (χ3v) is 6.82. The van der Waals surface area contributed by atoms with Gasteiger partial charge in [-0.3, -0.25) is 14.4 Å². The van der Waals surface area contributed by atoms with Crippen LogP contribution in [0.1, 0.15) is 27.0 Å². The quantitative estimate of drug-likeness (QED) is 0.341. The van der Waals surface area contributed by atoms with Crippen LogP contribution < -0.4 is 15.8 Å². The molecule has 212 valence electrons. The van der Waals surface area contributed by atoms with Crippen molar-refractivity contribution in [3.63, 3.8) is 0 Å². The van der Waals surface area contributed by atoms with Crippen molar-refractivity contribution in [2.24, 2.45) is 5.73 Å². The van der Waals surface area contributed by atoms with E-state index in [1.807, 2.05) is 48.5 Å². The molecule has 9 nitrogen and oxygen atoms in total. The van der Waals surface area contributed by atoms with Crippen molar-refractivity contribution in [3.05, 3.63) is 101 Å². The Balaban J connectivity index is 1.86. The second kappa shape index (κ2) is 14.8. The van der Waals surface area contributed by atoms with Crippen LogP contribution in [0.15, 0.2) is 78.9 Å². The summed E-state index contributed by atoms with van der Waals surface area (Å²) in [7, 11) is 6.25. The molecule has 0 radical (unpaired) electrons. The molecule has 3 rings (SSSR count). The monoisotopic (exact) mass is 546 g/mol. The summed E-state index contributed by atoms with van der Waals surface area (Å²) in [6, 6.07) is 22.1. The van der Waals surface area contributed by atoms with Crippen LogP contribution in [-0.2, 0) is 33.9 Å². The molecule has 0 aliphatic heterocycles. The highest BCUT2D eigenvalue weighted by Gasteiger charge is 2.35. The fraction of sp³-hybridized carbons (Fsp3) is 0.323. The predicted molar refractivity (Wildman–Crippen MR) is 154 cm³/mol. The van der Waals surface area contributed by atoms with Gasteiger partial charge in [0, 0.05) is 39.7 Å². The summed E-state index contributed by atoms with van der Waals surface area (Å²) < 4.78 is 11.2. The van der Waals surface area contributed by atoms with E-state index in [0.717, 1.165) is 16.7 Å². The molecule has 0 spiro atoms. The molecular formula is C31H38N4O5. The van der Waals surface area contributed by atoms with E-state index in [2.05, 4.69) is 5.32 Å². The largest absolute Gasteiger partial charge is 0.497 e. The van der Waals surface area contributed by atoms with Gasteiger partial charge >= 0.3 is 0 Å². The minimum Gasteiger partial charge on any atom is -0.497 e. The first-order chi connectivity index (χ1) is 19.3. The van der Waals surface area contributed by atoms with E-state index in [1.54, 1.807) is 51.5 Å². The van der Waals surface area contributed by atoms with Gasteiger partial charge < -0.3 is 30.3 Å². The summed E-state index contributed by atoms with van der Waals surface area (Å²) in [6.45, 7) is 0.499. The number of carbonyl (C=O) groups is 3. The predicted octanol–water partition coefficient (Wildman–Crippen LogP) is 2.63. The second-order valence-corrected chi connectivity index (χ2v) is 9.47. The smallest absolute Gasteiger partial charge is 0.254 e. The van der Waals surface area contributed by atoms with E-state index < -0.39 is 18.0 Å². The lowest BCUT2D eigenvalue weighted by atomic mass is 10.0. The Morgan fingerprint density at radius 2 is 1.52 bits per heavy atom. The van der Waals surface area contributed by atoms with Crippen molar-refractivity contribution < 1.29 is 23.9 Å². The van der Waals surface area contributed by atoms with Crippen LogP contribution in [0.5, 0.6) is 5.75 Å². The topological polar surface area (TPSA) is 114 Å². The first kappa shape index (κ1) is 30.3. The molecule has 0 bridgehead atoms. The SMILES string of the molecule is CNC(=O)[C@@H](Cc1ccc(OC)cc1)N(C)C(=O)[C@@H](COCc1ccccc1)N(C)C(=O)c1cccc(CN)c1. The fourth-order valence-electron chi connectivity index (χ4n) is 4.33. The van der Waals surface area contributed by atoms with Crippen LogP contribution in [0, 0.1) is 0 Å². The molecular weight excluding hydrogens is 508 g/mol. The number of nitrogens with zero attached hydrogens (tertiary/aromatic N) is 2. The van der Waals surface area contributed by atoms with Gasteiger partial charge in [-0.1, -0.05) is 54.6 Å². The molecule has 0 heterocycles. The highest BCUT2D eigenvalue weighted by atomic mass is 16.5. The molecule has 40 heavy (non-hydrogen) atoms. The van der Waals surface area contributed by atoms with Gasteiger partial charge in [0.15, 0.2) is 0 Å². The molecule has 0 fully saturated rings. The van der Waals surface area contributed by atoms with Gasteiger partial charge in [-0.15, -0.1) is 0 Å². The maximum absolute atomic E-state index is 14.0. The lowest BCUT2D eigenvalue weighted by molar-refractivity contribution is -0.143. The number of amides is 3. The zero-order chi connectivity index (χ0) is 29.1. The normalized spacial score (nSPS) is 12.2. The zero-order valence-corrected chi connectivity index (χ0v) is 23.5. The number of carbonyl (C=O) groups excluding carboxylic acids is 3. The molecule has 3 amide bonds. The van der Waals surface area contributed by atoms with E-state index in [9.17, 15) is 14.4 Å². The van der Waals surface area contributed by atoms with Crippen molar-refractivity contribution in [2.75, 3.05) is 34.9 Å². The molecule has 3 aromatic carbocycles. The number of likely N-dealkylation sites (N-methyl/N-ethyl adjacent to an activating group) is 3. The summed E-state index contributed by atoms with van der Waals surface area (Å²) in [5.41, 5.74) is 8.78. The third kappa shape index (κ3) is 7.91. The minimum absolute atomic E-state index is 0.0557. The minimum atomic E-state index is -0.981. The Morgan fingerprint density at radius 1 is 0.850 bits per heavy atom. The molecule has 3 N–H and O–H groups in total.